The molecule has 0 saturated heterocycles. The van der Waals surface area contributed by atoms with Crippen LogP contribution in [0.4, 0.5) is 0 Å². The maximum atomic E-state index is 11.2. The summed E-state index contributed by atoms with van der Waals surface area (Å²) in [5.74, 6) is 0.451. The lowest BCUT2D eigenvalue weighted by Crippen LogP contribution is -2.27. The van der Waals surface area contributed by atoms with Gasteiger partial charge >= 0.3 is 0 Å². The van der Waals surface area contributed by atoms with Gasteiger partial charge in [-0.1, -0.05) is 13.8 Å². The largest absolute Gasteiger partial charge is 0.359 e. The Morgan fingerprint density at radius 1 is 1.14 bits per heavy atom. The molecule has 0 bridgehead atoms. The average molecular weight is 200 g/mol. The van der Waals surface area contributed by atoms with Gasteiger partial charge in [0.1, 0.15) is 0 Å². The molecule has 0 aromatic rings. The van der Waals surface area contributed by atoms with Crippen LogP contribution < -0.4 is 10.6 Å². The second-order valence-corrected chi connectivity index (χ2v) is 3.71. The first-order chi connectivity index (χ1) is 6.56. The zero-order valence-electron chi connectivity index (χ0n) is 9.22. The smallest absolute Gasteiger partial charge is 0.220 e. The van der Waals surface area contributed by atoms with Crippen molar-refractivity contribution in [3.05, 3.63) is 0 Å². The van der Waals surface area contributed by atoms with Crippen LogP contribution in [-0.4, -0.2) is 25.4 Å². The molecular weight excluding hydrogens is 180 g/mol. The highest BCUT2D eigenvalue weighted by atomic mass is 16.2. The second-order valence-electron chi connectivity index (χ2n) is 3.71. The summed E-state index contributed by atoms with van der Waals surface area (Å²) in [7, 11) is 1.57. The maximum Gasteiger partial charge on any atom is 0.220 e. The summed E-state index contributed by atoms with van der Waals surface area (Å²) >= 11 is 0. The molecule has 0 heterocycles. The molecule has 0 aliphatic rings. The van der Waals surface area contributed by atoms with E-state index < -0.39 is 0 Å². The Bertz CT molecular complexity index is 191. The van der Waals surface area contributed by atoms with Gasteiger partial charge < -0.3 is 10.6 Å². The maximum absolute atomic E-state index is 11.2. The lowest BCUT2D eigenvalue weighted by molar-refractivity contribution is -0.126. The fraction of sp³-hybridized carbons (Fsp3) is 0.800. The normalized spacial score (nSPS) is 10.0. The van der Waals surface area contributed by atoms with Gasteiger partial charge in [-0.15, -0.1) is 0 Å². The summed E-state index contributed by atoms with van der Waals surface area (Å²) in [6, 6.07) is 0. The van der Waals surface area contributed by atoms with Crippen molar-refractivity contribution in [2.45, 2.75) is 33.1 Å². The van der Waals surface area contributed by atoms with Crippen molar-refractivity contribution in [1.29, 1.82) is 0 Å². The molecule has 0 spiro atoms. The first-order valence-corrected chi connectivity index (χ1v) is 5.03. The van der Waals surface area contributed by atoms with Crippen molar-refractivity contribution < 1.29 is 9.59 Å². The minimum absolute atomic E-state index is 0.0470. The number of carbonyl (C=O) groups excluding carboxylic acids is 2. The predicted octanol–water partition coefficient (Wildman–Crippen LogP) is 0.675. The van der Waals surface area contributed by atoms with E-state index >= 15 is 0 Å². The Morgan fingerprint density at radius 2 is 1.71 bits per heavy atom. The zero-order chi connectivity index (χ0) is 11.0. The summed E-state index contributed by atoms with van der Waals surface area (Å²) in [6.07, 6.45) is 1.52. The van der Waals surface area contributed by atoms with E-state index in [4.69, 9.17) is 0 Å². The number of nitrogens with one attached hydrogen (secondary N) is 2. The Kier molecular flexibility index (Phi) is 6.80. The highest BCUT2D eigenvalue weighted by Crippen LogP contribution is 1.97. The van der Waals surface area contributed by atoms with E-state index in [0.717, 1.165) is 6.42 Å². The van der Waals surface area contributed by atoms with Crippen molar-refractivity contribution in [3.8, 4) is 0 Å². The van der Waals surface area contributed by atoms with Gasteiger partial charge in [0.25, 0.3) is 0 Å². The summed E-state index contributed by atoms with van der Waals surface area (Å²) in [5, 5.41) is 5.25. The molecule has 0 aromatic heterocycles. The molecule has 82 valence electrons. The molecule has 0 aliphatic carbocycles. The molecule has 0 unspecified atom stereocenters. The van der Waals surface area contributed by atoms with Gasteiger partial charge in [-0.3, -0.25) is 9.59 Å². The number of hydrogen-bond donors (Lipinski definition) is 2. The van der Waals surface area contributed by atoms with Crippen LogP contribution in [-0.2, 0) is 9.59 Å². The van der Waals surface area contributed by atoms with Crippen LogP contribution in [0.3, 0.4) is 0 Å². The van der Waals surface area contributed by atoms with Crippen LogP contribution in [0, 0.1) is 5.92 Å². The Balaban J connectivity index is 3.42. The van der Waals surface area contributed by atoms with Crippen molar-refractivity contribution in [3.63, 3.8) is 0 Å². The first kappa shape index (κ1) is 12.9. The van der Waals surface area contributed by atoms with Crippen LogP contribution in [0.1, 0.15) is 33.1 Å². The van der Waals surface area contributed by atoms with E-state index in [9.17, 15) is 9.59 Å². The van der Waals surface area contributed by atoms with Crippen molar-refractivity contribution in [1.82, 2.24) is 10.6 Å². The molecule has 0 saturated carbocycles. The Labute approximate surface area is 85.4 Å². The highest BCUT2D eigenvalue weighted by Gasteiger charge is 2.04. The van der Waals surface area contributed by atoms with Gasteiger partial charge in [-0.2, -0.15) is 0 Å². The van der Waals surface area contributed by atoms with Crippen LogP contribution in [0.25, 0.3) is 0 Å². The van der Waals surface area contributed by atoms with Crippen LogP contribution in [0.2, 0.25) is 0 Å². The predicted molar refractivity (Wildman–Crippen MR) is 55.8 cm³/mol. The lowest BCUT2D eigenvalue weighted by atomic mass is 10.1. The summed E-state index contributed by atoms with van der Waals surface area (Å²) in [4.78, 5) is 22.0. The summed E-state index contributed by atoms with van der Waals surface area (Å²) in [6.45, 7) is 4.91. The van der Waals surface area contributed by atoms with E-state index in [1.165, 1.54) is 0 Å². The first-order valence-electron chi connectivity index (χ1n) is 5.03. The summed E-state index contributed by atoms with van der Waals surface area (Å²) in [5.41, 5.74) is 0. The third-order valence-electron chi connectivity index (χ3n) is 1.90. The minimum Gasteiger partial charge on any atom is -0.359 e. The van der Waals surface area contributed by atoms with Crippen molar-refractivity contribution >= 4 is 11.8 Å². The van der Waals surface area contributed by atoms with Gasteiger partial charge in [-0.05, 0) is 12.3 Å². The van der Waals surface area contributed by atoms with Gasteiger partial charge in [0, 0.05) is 26.4 Å². The quantitative estimate of drug-likeness (QED) is 0.662. The van der Waals surface area contributed by atoms with E-state index in [1.807, 2.05) is 0 Å². The van der Waals surface area contributed by atoms with Gasteiger partial charge in [0.05, 0.1) is 0 Å². The molecule has 0 rings (SSSR count). The molecule has 0 aromatic carbocycles. The molecule has 4 heteroatoms. The zero-order valence-corrected chi connectivity index (χ0v) is 9.22. The van der Waals surface area contributed by atoms with Crippen LogP contribution in [0.15, 0.2) is 0 Å². The van der Waals surface area contributed by atoms with Crippen LogP contribution in [0.5, 0.6) is 0 Å². The van der Waals surface area contributed by atoms with Gasteiger partial charge in [0.15, 0.2) is 0 Å². The molecule has 2 amide bonds. The van der Waals surface area contributed by atoms with E-state index in [2.05, 4.69) is 24.5 Å². The molecule has 0 radical (unpaired) electrons. The van der Waals surface area contributed by atoms with Gasteiger partial charge in [0.2, 0.25) is 11.8 Å². The molecule has 0 atom stereocenters. The van der Waals surface area contributed by atoms with Crippen molar-refractivity contribution in [2.75, 3.05) is 13.6 Å². The average Bonchev–Trinajstić information content (AvgIpc) is 2.13. The number of carbonyl (C=O) groups is 2. The van der Waals surface area contributed by atoms with E-state index in [0.29, 0.717) is 12.5 Å². The molecule has 4 nitrogen and oxygen atoms in total. The third kappa shape index (κ3) is 7.58. The fourth-order valence-corrected chi connectivity index (χ4v) is 0.941. The van der Waals surface area contributed by atoms with Gasteiger partial charge in [-0.25, -0.2) is 0 Å². The molecule has 2 N–H and O–H groups in total. The Hall–Kier alpha value is -1.06. The number of amides is 2. The molecule has 0 aliphatic heterocycles. The SMILES string of the molecule is CNC(=O)CCC(=O)NCCC(C)C. The van der Waals surface area contributed by atoms with Crippen molar-refractivity contribution in [2.24, 2.45) is 5.92 Å². The number of hydrogen-bond acceptors (Lipinski definition) is 2. The van der Waals surface area contributed by atoms with Crippen LogP contribution >= 0.6 is 0 Å². The second kappa shape index (κ2) is 7.35. The number of rotatable bonds is 6. The lowest BCUT2D eigenvalue weighted by Gasteiger charge is -2.06. The monoisotopic (exact) mass is 200 g/mol. The fourth-order valence-electron chi connectivity index (χ4n) is 0.941. The molecule has 14 heavy (non-hydrogen) atoms. The Morgan fingerprint density at radius 3 is 2.21 bits per heavy atom. The topological polar surface area (TPSA) is 58.2 Å². The molecule has 0 fully saturated rings. The molecular formula is C10H20N2O2. The highest BCUT2D eigenvalue weighted by molar-refractivity contribution is 5.83. The minimum atomic E-state index is -0.0935. The summed E-state index contributed by atoms with van der Waals surface area (Å²) < 4.78 is 0. The van der Waals surface area contributed by atoms with E-state index in [1.54, 1.807) is 7.05 Å². The van der Waals surface area contributed by atoms with E-state index in [-0.39, 0.29) is 24.7 Å². The third-order valence-corrected chi connectivity index (χ3v) is 1.90. The standard InChI is InChI=1S/C10H20N2O2/c1-8(2)6-7-12-10(14)5-4-9(13)11-3/h8H,4-7H2,1-3H3,(H,11,13)(H,12,14).